The molecule has 0 heterocycles. The van der Waals surface area contributed by atoms with Gasteiger partial charge in [-0.3, -0.25) is 0 Å². The molecule has 0 aromatic carbocycles. The highest BCUT2D eigenvalue weighted by atomic mass is 16.5. The zero-order chi connectivity index (χ0) is 10.4. The first-order valence-corrected chi connectivity index (χ1v) is 5.73. The molecular weight excluding hydrogens is 178 g/mol. The highest BCUT2D eigenvalue weighted by Crippen LogP contribution is 2.18. The average molecular weight is 201 g/mol. The van der Waals surface area contributed by atoms with Gasteiger partial charge in [-0.05, 0) is 46.1 Å². The summed E-state index contributed by atoms with van der Waals surface area (Å²) >= 11 is 0. The van der Waals surface area contributed by atoms with E-state index in [1.807, 2.05) is 13.8 Å². The lowest BCUT2D eigenvalue weighted by molar-refractivity contribution is 0.0752. The van der Waals surface area contributed by atoms with Crippen LogP contribution in [0.3, 0.4) is 0 Å². The second-order valence-electron chi connectivity index (χ2n) is 4.33. The minimum Gasteiger partial charge on any atom is -0.392 e. The van der Waals surface area contributed by atoms with Gasteiger partial charge in [-0.15, -0.1) is 0 Å². The minimum absolute atomic E-state index is 0.124. The van der Waals surface area contributed by atoms with Crippen LogP contribution < -0.4 is 5.32 Å². The fourth-order valence-corrected chi connectivity index (χ4v) is 1.86. The molecule has 1 aliphatic rings. The van der Waals surface area contributed by atoms with E-state index in [-0.39, 0.29) is 6.10 Å². The Morgan fingerprint density at radius 2 is 2.21 bits per heavy atom. The van der Waals surface area contributed by atoms with Gasteiger partial charge in [0.2, 0.25) is 0 Å². The smallest absolute Gasteiger partial charge is 0.0693 e. The molecule has 2 N–H and O–H groups in total. The molecule has 3 nitrogen and oxygen atoms in total. The third-order valence-corrected chi connectivity index (χ3v) is 2.66. The van der Waals surface area contributed by atoms with Crippen LogP contribution in [0.5, 0.6) is 0 Å². The summed E-state index contributed by atoms with van der Waals surface area (Å²) in [7, 11) is 0. The van der Waals surface area contributed by atoms with Crippen LogP contribution in [0.15, 0.2) is 0 Å². The van der Waals surface area contributed by atoms with Crippen molar-refractivity contribution in [2.45, 2.75) is 57.8 Å². The van der Waals surface area contributed by atoms with Crippen molar-refractivity contribution in [1.29, 1.82) is 0 Å². The van der Waals surface area contributed by atoms with E-state index in [1.165, 1.54) is 0 Å². The minimum atomic E-state index is -0.124. The number of ether oxygens (including phenoxy) is 1. The summed E-state index contributed by atoms with van der Waals surface area (Å²) < 4.78 is 5.43. The van der Waals surface area contributed by atoms with Crippen molar-refractivity contribution in [3.8, 4) is 0 Å². The fraction of sp³-hybridized carbons (Fsp3) is 1.00. The maximum atomic E-state index is 9.54. The van der Waals surface area contributed by atoms with Crippen molar-refractivity contribution in [1.82, 2.24) is 5.32 Å². The molecule has 14 heavy (non-hydrogen) atoms. The molecule has 0 aliphatic heterocycles. The number of aliphatic hydroxyl groups is 1. The van der Waals surface area contributed by atoms with Crippen molar-refractivity contribution in [2.75, 3.05) is 13.2 Å². The lowest BCUT2D eigenvalue weighted by Gasteiger charge is -2.16. The molecular formula is C11H23NO2. The summed E-state index contributed by atoms with van der Waals surface area (Å²) in [6, 6.07) is 0.328. The van der Waals surface area contributed by atoms with Crippen molar-refractivity contribution < 1.29 is 9.84 Å². The van der Waals surface area contributed by atoms with E-state index in [1.54, 1.807) is 0 Å². The van der Waals surface area contributed by atoms with E-state index < -0.39 is 0 Å². The van der Waals surface area contributed by atoms with Gasteiger partial charge in [0.25, 0.3) is 0 Å². The van der Waals surface area contributed by atoms with Gasteiger partial charge in [0.1, 0.15) is 0 Å². The van der Waals surface area contributed by atoms with Gasteiger partial charge in [0, 0.05) is 12.6 Å². The Labute approximate surface area is 86.8 Å². The molecule has 1 rings (SSSR count). The van der Waals surface area contributed by atoms with E-state index >= 15 is 0 Å². The number of hydrogen-bond acceptors (Lipinski definition) is 3. The zero-order valence-electron chi connectivity index (χ0n) is 9.33. The summed E-state index contributed by atoms with van der Waals surface area (Å²) in [5, 5.41) is 12.9. The summed E-state index contributed by atoms with van der Waals surface area (Å²) in [5.41, 5.74) is 0. The highest BCUT2D eigenvalue weighted by Gasteiger charge is 2.23. The zero-order valence-corrected chi connectivity index (χ0v) is 9.33. The number of hydrogen-bond donors (Lipinski definition) is 2. The van der Waals surface area contributed by atoms with Gasteiger partial charge in [-0.2, -0.15) is 0 Å². The molecule has 0 spiro atoms. The predicted octanol–water partition coefficient (Wildman–Crippen LogP) is 1.30. The third kappa shape index (κ3) is 4.40. The second-order valence-corrected chi connectivity index (χ2v) is 4.33. The fourth-order valence-electron chi connectivity index (χ4n) is 1.86. The van der Waals surface area contributed by atoms with E-state index in [0.717, 1.165) is 38.8 Å². The van der Waals surface area contributed by atoms with Crippen LogP contribution in [0.2, 0.25) is 0 Å². The van der Waals surface area contributed by atoms with E-state index in [4.69, 9.17) is 4.74 Å². The topological polar surface area (TPSA) is 41.5 Å². The molecule has 1 aliphatic carbocycles. The van der Waals surface area contributed by atoms with E-state index in [2.05, 4.69) is 5.32 Å². The molecule has 0 amide bonds. The average Bonchev–Trinajstić information content (AvgIpc) is 2.51. The Kier molecular flexibility index (Phi) is 5.45. The first-order chi connectivity index (χ1) is 6.70. The van der Waals surface area contributed by atoms with Gasteiger partial charge in [-0.1, -0.05) is 0 Å². The van der Waals surface area contributed by atoms with E-state index in [9.17, 15) is 5.11 Å². The third-order valence-electron chi connectivity index (χ3n) is 2.66. The van der Waals surface area contributed by atoms with Crippen LogP contribution in [0.1, 0.15) is 39.5 Å². The van der Waals surface area contributed by atoms with Crippen LogP contribution in [0, 0.1) is 0 Å². The highest BCUT2D eigenvalue weighted by molar-refractivity contribution is 4.82. The number of nitrogens with one attached hydrogen (secondary N) is 1. The Morgan fingerprint density at radius 3 is 2.79 bits per heavy atom. The van der Waals surface area contributed by atoms with Gasteiger partial charge >= 0.3 is 0 Å². The molecule has 3 heteroatoms. The standard InChI is InChI=1S/C11H23NO2/c1-9(2)14-8-4-7-12-10-5-3-6-11(10)13/h9-13H,3-8H2,1-2H3/t10-,11-/m1/s1. The number of rotatable bonds is 6. The monoisotopic (exact) mass is 201 g/mol. The Bertz CT molecular complexity index is 150. The first kappa shape index (κ1) is 12.0. The Balaban J connectivity index is 1.93. The van der Waals surface area contributed by atoms with Crippen LogP contribution in [0.4, 0.5) is 0 Å². The first-order valence-electron chi connectivity index (χ1n) is 5.73. The second kappa shape index (κ2) is 6.38. The normalized spacial score (nSPS) is 27.4. The summed E-state index contributed by atoms with van der Waals surface area (Å²) in [4.78, 5) is 0. The van der Waals surface area contributed by atoms with Gasteiger partial charge < -0.3 is 15.2 Å². The van der Waals surface area contributed by atoms with Crippen molar-refractivity contribution in [3.05, 3.63) is 0 Å². The summed E-state index contributed by atoms with van der Waals surface area (Å²) in [5.74, 6) is 0. The van der Waals surface area contributed by atoms with Gasteiger partial charge in [0.15, 0.2) is 0 Å². The van der Waals surface area contributed by atoms with Crippen LogP contribution >= 0.6 is 0 Å². The lowest BCUT2D eigenvalue weighted by Crippen LogP contribution is -2.36. The van der Waals surface area contributed by atoms with Crippen molar-refractivity contribution in [2.24, 2.45) is 0 Å². The molecule has 0 radical (unpaired) electrons. The van der Waals surface area contributed by atoms with Gasteiger partial charge in [0.05, 0.1) is 12.2 Å². The SMILES string of the molecule is CC(C)OCCCN[C@@H]1CCC[C@H]1O. The predicted molar refractivity (Wildman–Crippen MR) is 57.4 cm³/mol. The Hall–Kier alpha value is -0.120. The molecule has 0 unspecified atom stereocenters. The lowest BCUT2D eigenvalue weighted by atomic mass is 10.2. The molecule has 0 aromatic rings. The largest absolute Gasteiger partial charge is 0.392 e. The van der Waals surface area contributed by atoms with Crippen LogP contribution in [-0.4, -0.2) is 36.5 Å². The molecule has 0 saturated heterocycles. The maximum Gasteiger partial charge on any atom is 0.0693 e. The summed E-state index contributed by atoms with van der Waals surface area (Å²) in [6.07, 6.45) is 4.46. The quantitative estimate of drug-likeness (QED) is 0.637. The molecule has 2 atom stereocenters. The number of aliphatic hydroxyl groups excluding tert-OH is 1. The van der Waals surface area contributed by atoms with Crippen LogP contribution in [-0.2, 0) is 4.74 Å². The maximum absolute atomic E-state index is 9.54. The van der Waals surface area contributed by atoms with Crippen molar-refractivity contribution >= 4 is 0 Å². The molecule has 1 saturated carbocycles. The molecule has 0 aromatic heterocycles. The molecule has 1 fully saturated rings. The van der Waals surface area contributed by atoms with Crippen LogP contribution in [0.25, 0.3) is 0 Å². The summed E-state index contributed by atoms with van der Waals surface area (Å²) in [6.45, 7) is 5.87. The molecule has 0 bridgehead atoms. The van der Waals surface area contributed by atoms with Crippen molar-refractivity contribution in [3.63, 3.8) is 0 Å². The van der Waals surface area contributed by atoms with Gasteiger partial charge in [-0.25, -0.2) is 0 Å². The Morgan fingerprint density at radius 1 is 1.43 bits per heavy atom. The van der Waals surface area contributed by atoms with E-state index in [0.29, 0.717) is 12.1 Å². The molecule has 84 valence electrons.